The Labute approximate surface area is 122 Å². The highest BCUT2D eigenvalue weighted by Gasteiger charge is 1.99. The number of hydrogen-bond acceptors (Lipinski definition) is 1. The molecule has 0 unspecified atom stereocenters. The second-order valence-corrected chi connectivity index (χ2v) is 5.41. The average Bonchev–Trinajstić information content (AvgIpc) is 2.52. The molecule has 106 valence electrons. The van der Waals surface area contributed by atoms with Gasteiger partial charge in [-0.15, -0.1) is 0 Å². The summed E-state index contributed by atoms with van der Waals surface area (Å²) in [5, 5.41) is 0. The van der Waals surface area contributed by atoms with Crippen LogP contribution in [0.1, 0.15) is 43.7 Å². The van der Waals surface area contributed by atoms with Gasteiger partial charge in [-0.25, -0.2) is 0 Å². The highest BCUT2D eigenvalue weighted by molar-refractivity contribution is 5.63. The third kappa shape index (κ3) is 4.21. The minimum atomic E-state index is 0.608. The maximum Gasteiger partial charge on any atom is 0.0178 e. The molecule has 0 saturated heterocycles. The zero-order chi connectivity index (χ0) is 14.2. The first kappa shape index (κ1) is 14.8. The molecule has 1 nitrogen and oxygen atoms in total. The Morgan fingerprint density at radius 3 is 1.75 bits per heavy atom. The van der Waals surface area contributed by atoms with Gasteiger partial charge in [0.1, 0.15) is 0 Å². The summed E-state index contributed by atoms with van der Waals surface area (Å²) in [6.07, 6.45) is 6.51. The quantitative estimate of drug-likeness (QED) is 0.707. The van der Waals surface area contributed by atoms with Gasteiger partial charge in [0.15, 0.2) is 0 Å². The average molecular weight is 267 g/mol. The predicted octanol–water partition coefficient (Wildman–Crippen LogP) is 4.94. The standard InChI is InChI=1S/C19H25N/c1-2-3-4-5-6-16-7-11-18(12-8-16)19-13-9-17(15-20)10-14-19/h7-14H,2-6,15,20H2,1H3. The van der Waals surface area contributed by atoms with Gasteiger partial charge >= 0.3 is 0 Å². The lowest BCUT2D eigenvalue weighted by Gasteiger charge is -2.06. The van der Waals surface area contributed by atoms with E-state index in [-0.39, 0.29) is 0 Å². The fraction of sp³-hybridized carbons (Fsp3) is 0.368. The molecule has 0 radical (unpaired) electrons. The molecule has 0 aliphatic carbocycles. The van der Waals surface area contributed by atoms with Crippen molar-refractivity contribution >= 4 is 0 Å². The third-order valence-electron chi connectivity index (χ3n) is 3.80. The van der Waals surface area contributed by atoms with Gasteiger partial charge in [-0.2, -0.15) is 0 Å². The molecule has 0 aliphatic rings. The molecule has 0 heterocycles. The van der Waals surface area contributed by atoms with Gasteiger partial charge in [-0.1, -0.05) is 74.7 Å². The highest BCUT2D eigenvalue weighted by atomic mass is 14.5. The van der Waals surface area contributed by atoms with Crippen LogP contribution in [0.3, 0.4) is 0 Å². The smallest absolute Gasteiger partial charge is 0.0178 e. The Kier molecular flexibility index (Phi) is 5.82. The summed E-state index contributed by atoms with van der Waals surface area (Å²) >= 11 is 0. The summed E-state index contributed by atoms with van der Waals surface area (Å²) in [7, 11) is 0. The van der Waals surface area contributed by atoms with Crippen molar-refractivity contribution in [2.24, 2.45) is 5.73 Å². The fourth-order valence-corrected chi connectivity index (χ4v) is 2.45. The first-order chi connectivity index (χ1) is 9.83. The molecular formula is C19H25N. The molecule has 2 rings (SSSR count). The van der Waals surface area contributed by atoms with Gasteiger partial charge in [0.2, 0.25) is 0 Å². The third-order valence-corrected chi connectivity index (χ3v) is 3.80. The van der Waals surface area contributed by atoms with Gasteiger partial charge in [0, 0.05) is 6.54 Å². The van der Waals surface area contributed by atoms with E-state index < -0.39 is 0 Å². The molecule has 0 atom stereocenters. The molecule has 0 aromatic heterocycles. The van der Waals surface area contributed by atoms with Crippen LogP contribution in [0, 0.1) is 0 Å². The summed E-state index contributed by atoms with van der Waals surface area (Å²) in [5.41, 5.74) is 10.8. The predicted molar refractivity (Wildman–Crippen MR) is 87.6 cm³/mol. The number of aryl methyl sites for hydroxylation is 1. The largest absolute Gasteiger partial charge is 0.326 e. The van der Waals surface area contributed by atoms with Crippen LogP contribution in [0.25, 0.3) is 11.1 Å². The van der Waals surface area contributed by atoms with Gasteiger partial charge in [0.05, 0.1) is 0 Å². The maximum absolute atomic E-state index is 5.63. The van der Waals surface area contributed by atoms with Crippen LogP contribution < -0.4 is 5.73 Å². The molecule has 0 aliphatic heterocycles. The summed E-state index contributed by atoms with van der Waals surface area (Å²) in [6.45, 7) is 2.86. The first-order valence-electron chi connectivity index (χ1n) is 7.72. The minimum absolute atomic E-state index is 0.608. The molecule has 2 N–H and O–H groups in total. The van der Waals surface area contributed by atoms with E-state index in [1.165, 1.54) is 54.4 Å². The van der Waals surface area contributed by atoms with Crippen molar-refractivity contribution in [1.82, 2.24) is 0 Å². The second kappa shape index (κ2) is 7.86. The molecule has 0 fully saturated rings. The SMILES string of the molecule is CCCCCCc1ccc(-c2ccc(CN)cc2)cc1. The van der Waals surface area contributed by atoms with Crippen LogP contribution in [0.15, 0.2) is 48.5 Å². The molecule has 2 aromatic rings. The summed E-state index contributed by atoms with van der Waals surface area (Å²) in [6, 6.07) is 17.5. The van der Waals surface area contributed by atoms with Crippen LogP contribution in [-0.4, -0.2) is 0 Å². The number of nitrogens with two attached hydrogens (primary N) is 1. The van der Waals surface area contributed by atoms with Crippen LogP contribution in [-0.2, 0) is 13.0 Å². The van der Waals surface area contributed by atoms with E-state index in [2.05, 4.69) is 55.5 Å². The van der Waals surface area contributed by atoms with Crippen LogP contribution in [0.2, 0.25) is 0 Å². The molecule has 1 heteroatoms. The monoisotopic (exact) mass is 267 g/mol. The Balaban J connectivity index is 1.96. The Morgan fingerprint density at radius 1 is 0.700 bits per heavy atom. The molecule has 2 aromatic carbocycles. The number of unbranched alkanes of at least 4 members (excludes halogenated alkanes) is 3. The summed E-state index contributed by atoms with van der Waals surface area (Å²) in [4.78, 5) is 0. The second-order valence-electron chi connectivity index (χ2n) is 5.41. The lowest BCUT2D eigenvalue weighted by atomic mass is 10.0. The van der Waals surface area contributed by atoms with E-state index in [1.807, 2.05) is 0 Å². The van der Waals surface area contributed by atoms with Crippen molar-refractivity contribution in [3.63, 3.8) is 0 Å². The molecule has 0 saturated carbocycles. The summed E-state index contributed by atoms with van der Waals surface area (Å²) in [5.74, 6) is 0. The van der Waals surface area contributed by atoms with E-state index in [9.17, 15) is 0 Å². The molecular weight excluding hydrogens is 242 g/mol. The number of hydrogen-bond donors (Lipinski definition) is 1. The zero-order valence-electron chi connectivity index (χ0n) is 12.4. The van der Waals surface area contributed by atoms with Crippen molar-refractivity contribution in [2.45, 2.75) is 45.6 Å². The van der Waals surface area contributed by atoms with E-state index in [4.69, 9.17) is 5.73 Å². The minimum Gasteiger partial charge on any atom is -0.326 e. The van der Waals surface area contributed by atoms with E-state index in [1.54, 1.807) is 0 Å². The van der Waals surface area contributed by atoms with E-state index in [0.29, 0.717) is 6.54 Å². The molecule has 0 spiro atoms. The van der Waals surface area contributed by atoms with Crippen LogP contribution >= 0.6 is 0 Å². The lowest BCUT2D eigenvalue weighted by Crippen LogP contribution is -1.95. The van der Waals surface area contributed by atoms with E-state index >= 15 is 0 Å². The van der Waals surface area contributed by atoms with Gasteiger partial charge in [-0.05, 0) is 35.1 Å². The zero-order valence-corrected chi connectivity index (χ0v) is 12.4. The van der Waals surface area contributed by atoms with Crippen molar-refractivity contribution in [1.29, 1.82) is 0 Å². The van der Waals surface area contributed by atoms with Crippen molar-refractivity contribution in [3.05, 3.63) is 59.7 Å². The lowest BCUT2D eigenvalue weighted by molar-refractivity contribution is 0.667. The molecule has 0 bridgehead atoms. The Morgan fingerprint density at radius 2 is 1.25 bits per heavy atom. The fourth-order valence-electron chi connectivity index (χ4n) is 2.45. The first-order valence-corrected chi connectivity index (χ1v) is 7.72. The van der Waals surface area contributed by atoms with Crippen molar-refractivity contribution in [2.75, 3.05) is 0 Å². The normalized spacial score (nSPS) is 10.7. The number of benzene rings is 2. The molecule has 0 amide bonds. The Bertz CT molecular complexity index is 496. The summed E-state index contributed by atoms with van der Waals surface area (Å²) < 4.78 is 0. The van der Waals surface area contributed by atoms with Crippen molar-refractivity contribution < 1.29 is 0 Å². The topological polar surface area (TPSA) is 26.0 Å². The number of rotatable bonds is 7. The van der Waals surface area contributed by atoms with E-state index in [0.717, 1.165) is 0 Å². The maximum atomic E-state index is 5.63. The molecule has 20 heavy (non-hydrogen) atoms. The highest BCUT2D eigenvalue weighted by Crippen LogP contribution is 2.21. The van der Waals surface area contributed by atoms with Gasteiger partial charge in [-0.3, -0.25) is 0 Å². The van der Waals surface area contributed by atoms with Crippen LogP contribution in [0.4, 0.5) is 0 Å². The van der Waals surface area contributed by atoms with Gasteiger partial charge < -0.3 is 5.73 Å². The van der Waals surface area contributed by atoms with Gasteiger partial charge in [0.25, 0.3) is 0 Å². The Hall–Kier alpha value is -1.60. The van der Waals surface area contributed by atoms with Crippen molar-refractivity contribution in [3.8, 4) is 11.1 Å². The van der Waals surface area contributed by atoms with Crippen LogP contribution in [0.5, 0.6) is 0 Å².